The van der Waals surface area contributed by atoms with Crippen LogP contribution in [0.2, 0.25) is 0 Å². The molecule has 12 nitrogen and oxygen atoms in total. The van der Waals surface area contributed by atoms with Gasteiger partial charge in [-0.25, -0.2) is 4.98 Å². The molecule has 3 aromatic rings. The molecule has 15 heteroatoms. The van der Waals surface area contributed by atoms with Gasteiger partial charge < -0.3 is 43.4 Å². The van der Waals surface area contributed by atoms with E-state index in [-0.39, 0.29) is 18.8 Å². The monoisotopic (exact) mass is 716 g/mol. The van der Waals surface area contributed by atoms with E-state index in [4.69, 9.17) is 39.6 Å². The fourth-order valence-corrected chi connectivity index (χ4v) is 4.87. The number of carbonyl (C=O) groups excluding carboxylic acids is 1. The van der Waals surface area contributed by atoms with E-state index in [1.807, 2.05) is 13.0 Å². The average Bonchev–Trinajstić information content (AvgIpc) is 3.14. The van der Waals surface area contributed by atoms with Crippen LogP contribution in [0.25, 0.3) is 11.1 Å². The van der Waals surface area contributed by atoms with E-state index in [0.717, 1.165) is 23.4 Å². The molecule has 0 radical (unpaired) electrons. The number of hydrogen-bond acceptors (Lipinski definition) is 11. The molecule has 0 atom stereocenters. The highest BCUT2D eigenvalue weighted by Gasteiger charge is 2.31. The molecule has 276 valence electrons. The minimum Gasteiger partial charge on any atom is -0.474 e. The van der Waals surface area contributed by atoms with Gasteiger partial charge in [0.1, 0.15) is 18.9 Å². The van der Waals surface area contributed by atoms with E-state index in [0.29, 0.717) is 109 Å². The maximum absolute atomic E-state index is 13.2. The number of rotatable bonds is 21. The molecular weight excluding hydrogens is 673 g/mol. The molecule has 1 N–H and O–H groups in total. The van der Waals surface area contributed by atoms with Crippen LogP contribution in [0.15, 0.2) is 48.8 Å². The van der Waals surface area contributed by atoms with E-state index in [1.54, 1.807) is 12.3 Å². The van der Waals surface area contributed by atoms with Crippen LogP contribution in [0.1, 0.15) is 21.6 Å². The Balaban J connectivity index is 1.26. The summed E-state index contributed by atoms with van der Waals surface area (Å²) >= 11 is 0. The van der Waals surface area contributed by atoms with Crippen LogP contribution in [0.5, 0.6) is 5.88 Å². The summed E-state index contributed by atoms with van der Waals surface area (Å²) in [5, 5.41) is 2.66. The zero-order chi connectivity index (χ0) is 36.3. The van der Waals surface area contributed by atoms with Crippen LogP contribution >= 0.6 is 0 Å². The molecule has 3 heterocycles. The zero-order valence-corrected chi connectivity index (χ0v) is 28.5. The molecule has 1 fully saturated rings. The first-order chi connectivity index (χ1) is 24.8. The summed E-state index contributed by atoms with van der Waals surface area (Å²) in [5.74, 6) is 2.13. The van der Waals surface area contributed by atoms with Crippen molar-refractivity contribution in [2.24, 2.45) is 0 Å². The van der Waals surface area contributed by atoms with E-state index in [9.17, 15) is 18.0 Å². The standard InChI is InChI=1S/C36H43F3N4O8/c1-3-9-45-12-13-47-14-15-48-16-17-49-18-19-50-20-21-51-35-33(43-7-10-46-11-8-43)23-29(25-41-35)32-24-31(26-40-27(32)2)42-34(44)28-5-4-6-30(22-28)36(37,38)39/h1,4-6,22-26H,7-21H2,2H3,(H,42,44). The molecule has 0 spiro atoms. The van der Waals surface area contributed by atoms with Gasteiger partial charge in [-0.2, -0.15) is 13.2 Å². The highest BCUT2D eigenvalue weighted by atomic mass is 19.4. The Morgan fingerprint density at radius 1 is 0.882 bits per heavy atom. The molecular formula is C36H43F3N4O8. The summed E-state index contributed by atoms with van der Waals surface area (Å²) in [4.78, 5) is 24.0. The largest absolute Gasteiger partial charge is 0.474 e. The summed E-state index contributed by atoms with van der Waals surface area (Å²) in [5.41, 5.74) is 2.14. The molecule has 2 aromatic heterocycles. The van der Waals surface area contributed by atoms with Gasteiger partial charge in [0.25, 0.3) is 5.91 Å². The average molecular weight is 717 g/mol. The van der Waals surface area contributed by atoms with Crippen molar-refractivity contribution in [3.05, 3.63) is 65.6 Å². The molecule has 1 aliphatic rings. The van der Waals surface area contributed by atoms with Crippen LogP contribution < -0.4 is 15.0 Å². The number of benzene rings is 1. The Morgan fingerprint density at radius 2 is 1.51 bits per heavy atom. The second-order valence-corrected chi connectivity index (χ2v) is 11.1. The number of morpholine rings is 1. The number of nitrogens with zero attached hydrogens (tertiary/aromatic N) is 3. The summed E-state index contributed by atoms with van der Waals surface area (Å²) in [6.45, 7) is 8.57. The summed E-state index contributed by atoms with van der Waals surface area (Å²) < 4.78 is 78.2. The van der Waals surface area contributed by atoms with Crippen molar-refractivity contribution in [3.8, 4) is 29.4 Å². The van der Waals surface area contributed by atoms with E-state index >= 15 is 0 Å². The molecule has 0 aliphatic carbocycles. The maximum atomic E-state index is 13.2. The Labute approximate surface area is 295 Å². The van der Waals surface area contributed by atoms with E-state index < -0.39 is 17.6 Å². The highest BCUT2D eigenvalue weighted by Crippen LogP contribution is 2.34. The van der Waals surface area contributed by atoms with Gasteiger partial charge in [0.05, 0.1) is 90.1 Å². The van der Waals surface area contributed by atoms with Crippen molar-refractivity contribution in [1.82, 2.24) is 9.97 Å². The first-order valence-corrected chi connectivity index (χ1v) is 16.5. The van der Waals surface area contributed by atoms with Crippen LogP contribution in [0, 0.1) is 19.3 Å². The van der Waals surface area contributed by atoms with Gasteiger partial charge in [0.15, 0.2) is 0 Å². The minimum absolute atomic E-state index is 0.121. The van der Waals surface area contributed by atoms with Gasteiger partial charge in [-0.15, -0.1) is 6.42 Å². The number of carbonyl (C=O) groups is 1. The van der Waals surface area contributed by atoms with Gasteiger partial charge in [0, 0.05) is 41.7 Å². The molecule has 1 amide bonds. The number of ether oxygens (including phenoxy) is 7. The van der Waals surface area contributed by atoms with Gasteiger partial charge in [-0.1, -0.05) is 12.0 Å². The lowest BCUT2D eigenvalue weighted by Crippen LogP contribution is -2.36. The molecule has 1 aliphatic heterocycles. The summed E-state index contributed by atoms with van der Waals surface area (Å²) in [6, 6.07) is 7.90. The Hall–Kier alpha value is -4.30. The number of nitrogens with one attached hydrogen (secondary N) is 1. The molecule has 1 saturated heterocycles. The van der Waals surface area contributed by atoms with Gasteiger partial charge in [0.2, 0.25) is 5.88 Å². The van der Waals surface area contributed by atoms with E-state index in [1.165, 1.54) is 18.3 Å². The van der Waals surface area contributed by atoms with Gasteiger partial charge in [-0.3, -0.25) is 9.78 Å². The molecule has 51 heavy (non-hydrogen) atoms. The van der Waals surface area contributed by atoms with Crippen LogP contribution in [-0.4, -0.2) is 115 Å². The minimum atomic E-state index is -4.56. The Morgan fingerprint density at radius 3 is 2.14 bits per heavy atom. The SMILES string of the molecule is C#CCOCCOCCOCCOCCOCCOc1ncc(-c2cc(NC(=O)c3cccc(C(F)(F)F)c3)cnc2C)cc1N1CCOCC1. The number of anilines is 2. The van der Waals surface area contributed by atoms with Crippen molar-refractivity contribution >= 4 is 17.3 Å². The third kappa shape index (κ3) is 13.4. The number of pyridine rings is 2. The smallest absolute Gasteiger partial charge is 0.416 e. The van der Waals surface area contributed by atoms with Crippen molar-refractivity contribution in [1.29, 1.82) is 0 Å². The number of aromatic nitrogens is 2. The normalized spacial score (nSPS) is 13.2. The molecule has 4 rings (SSSR count). The number of aryl methyl sites for hydroxylation is 1. The van der Waals surface area contributed by atoms with Gasteiger partial charge >= 0.3 is 6.18 Å². The molecule has 0 unspecified atom stereocenters. The Kier molecular flexibility index (Phi) is 16.4. The predicted octanol–water partition coefficient (Wildman–Crippen LogP) is 4.65. The van der Waals surface area contributed by atoms with Gasteiger partial charge in [-0.05, 0) is 37.3 Å². The number of hydrogen-bond donors (Lipinski definition) is 1. The predicted molar refractivity (Wildman–Crippen MR) is 183 cm³/mol. The van der Waals surface area contributed by atoms with Crippen LogP contribution in [0.3, 0.4) is 0 Å². The fourth-order valence-electron chi connectivity index (χ4n) is 4.87. The highest BCUT2D eigenvalue weighted by molar-refractivity contribution is 6.04. The summed E-state index contributed by atoms with van der Waals surface area (Å²) in [7, 11) is 0. The van der Waals surface area contributed by atoms with Crippen molar-refractivity contribution in [2.45, 2.75) is 13.1 Å². The first-order valence-electron chi connectivity index (χ1n) is 16.5. The van der Waals surface area contributed by atoms with Crippen molar-refractivity contribution < 1.29 is 51.1 Å². The Bertz CT molecular complexity index is 1560. The number of terminal acetylenes is 1. The number of alkyl halides is 3. The second kappa shape index (κ2) is 21.2. The lowest BCUT2D eigenvalue weighted by atomic mass is 10.0. The van der Waals surface area contributed by atoms with Crippen LogP contribution in [-0.2, 0) is 34.6 Å². The molecule has 1 aromatic carbocycles. The fraction of sp³-hybridized carbons (Fsp3) is 0.472. The topological polar surface area (TPSA) is 123 Å². The zero-order valence-electron chi connectivity index (χ0n) is 28.5. The number of amides is 1. The number of halogens is 3. The lowest BCUT2D eigenvalue weighted by Gasteiger charge is -2.30. The van der Waals surface area contributed by atoms with E-state index in [2.05, 4.69) is 26.1 Å². The van der Waals surface area contributed by atoms with Crippen LogP contribution in [0.4, 0.5) is 24.5 Å². The summed E-state index contributed by atoms with van der Waals surface area (Å²) in [6.07, 6.45) is 3.64. The first kappa shape index (κ1) is 39.5. The van der Waals surface area contributed by atoms with Crippen molar-refractivity contribution in [3.63, 3.8) is 0 Å². The second-order valence-electron chi connectivity index (χ2n) is 11.1. The third-order valence-electron chi connectivity index (χ3n) is 7.43. The lowest BCUT2D eigenvalue weighted by molar-refractivity contribution is -0.137. The quantitative estimate of drug-likeness (QED) is 0.122. The molecule has 0 saturated carbocycles. The van der Waals surface area contributed by atoms with Crippen molar-refractivity contribution in [2.75, 3.05) is 109 Å². The maximum Gasteiger partial charge on any atom is 0.416 e. The third-order valence-corrected chi connectivity index (χ3v) is 7.43. The molecule has 0 bridgehead atoms.